The minimum Gasteiger partial charge on any atom is -0.356 e. The lowest BCUT2D eigenvalue weighted by atomic mass is 10.1. The Balaban J connectivity index is 1.61. The van der Waals surface area contributed by atoms with E-state index in [1.165, 1.54) is 19.3 Å². The summed E-state index contributed by atoms with van der Waals surface area (Å²) in [5, 5.41) is 4.03. The SMILES string of the molecule is CC(NC(=O)c1ccc2ncnc(N3CCCCC3)c2c1)c1ccccc1. The number of fused-ring (bicyclic) bond motifs is 1. The molecule has 5 nitrogen and oxygen atoms in total. The third-order valence-corrected chi connectivity index (χ3v) is 5.18. The molecule has 27 heavy (non-hydrogen) atoms. The summed E-state index contributed by atoms with van der Waals surface area (Å²) in [7, 11) is 0. The number of hydrogen-bond donors (Lipinski definition) is 1. The van der Waals surface area contributed by atoms with E-state index in [0.29, 0.717) is 5.56 Å². The van der Waals surface area contributed by atoms with Crippen molar-refractivity contribution in [3.63, 3.8) is 0 Å². The summed E-state index contributed by atoms with van der Waals surface area (Å²) < 4.78 is 0. The van der Waals surface area contributed by atoms with Crippen LogP contribution in [0.25, 0.3) is 10.9 Å². The van der Waals surface area contributed by atoms with Crippen molar-refractivity contribution in [3.05, 3.63) is 66.0 Å². The highest BCUT2D eigenvalue weighted by atomic mass is 16.1. The molecule has 0 radical (unpaired) electrons. The number of amides is 1. The second kappa shape index (κ2) is 7.74. The molecule has 1 N–H and O–H groups in total. The minimum absolute atomic E-state index is 0.0528. The van der Waals surface area contributed by atoms with Gasteiger partial charge >= 0.3 is 0 Å². The van der Waals surface area contributed by atoms with Crippen LogP contribution in [-0.4, -0.2) is 29.0 Å². The predicted molar refractivity (Wildman–Crippen MR) is 108 cm³/mol. The van der Waals surface area contributed by atoms with Gasteiger partial charge in [-0.05, 0) is 49.9 Å². The number of rotatable bonds is 4. The molecule has 0 aliphatic carbocycles. The van der Waals surface area contributed by atoms with E-state index in [1.54, 1.807) is 6.33 Å². The Hall–Kier alpha value is -2.95. The van der Waals surface area contributed by atoms with Crippen LogP contribution >= 0.6 is 0 Å². The van der Waals surface area contributed by atoms with Crippen LogP contribution in [0.15, 0.2) is 54.9 Å². The molecule has 0 spiro atoms. The molecule has 1 aliphatic rings. The summed E-state index contributed by atoms with van der Waals surface area (Å²) in [6, 6.07) is 15.6. The van der Waals surface area contributed by atoms with Gasteiger partial charge in [-0.2, -0.15) is 0 Å². The number of hydrogen-bond acceptors (Lipinski definition) is 4. The summed E-state index contributed by atoms with van der Waals surface area (Å²) in [5.74, 6) is 0.854. The van der Waals surface area contributed by atoms with E-state index >= 15 is 0 Å². The summed E-state index contributed by atoms with van der Waals surface area (Å²) in [5.41, 5.74) is 2.60. The molecular weight excluding hydrogens is 336 g/mol. The summed E-state index contributed by atoms with van der Waals surface area (Å²) >= 11 is 0. The van der Waals surface area contributed by atoms with Crippen LogP contribution < -0.4 is 10.2 Å². The molecule has 4 rings (SSSR count). The van der Waals surface area contributed by atoms with Gasteiger partial charge in [-0.1, -0.05) is 30.3 Å². The van der Waals surface area contributed by atoms with Gasteiger partial charge < -0.3 is 10.2 Å². The Morgan fingerprint density at radius 1 is 1.04 bits per heavy atom. The van der Waals surface area contributed by atoms with E-state index in [0.717, 1.165) is 35.4 Å². The first-order valence-corrected chi connectivity index (χ1v) is 9.58. The zero-order chi connectivity index (χ0) is 18.6. The quantitative estimate of drug-likeness (QED) is 0.761. The standard InChI is InChI=1S/C22H24N4O/c1-16(17-8-4-2-5-9-17)25-22(27)18-10-11-20-19(14-18)21(24-15-23-20)26-12-6-3-7-13-26/h2,4-5,8-11,14-16H,3,6-7,12-13H2,1H3,(H,25,27). The van der Waals surface area contributed by atoms with Crippen molar-refractivity contribution in [2.24, 2.45) is 0 Å². The predicted octanol–water partition coefficient (Wildman–Crippen LogP) is 4.11. The highest BCUT2D eigenvalue weighted by Gasteiger charge is 2.17. The Labute approximate surface area is 159 Å². The number of carbonyl (C=O) groups excluding carboxylic acids is 1. The lowest BCUT2D eigenvalue weighted by Crippen LogP contribution is -2.30. The van der Waals surface area contributed by atoms with Gasteiger partial charge in [-0.25, -0.2) is 9.97 Å². The number of nitrogens with zero attached hydrogens (tertiary/aromatic N) is 3. The third-order valence-electron chi connectivity index (χ3n) is 5.18. The molecule has 5 heteroatoms. The third kappa shape index (κ3) is 3.77. The van der Waals surface area contributed by atoms with Crippen LogP contribution in [0.5, 0.6) is 0 Å². The van der Waals surface area contributed by atoms with Crippen molar-refractivity contribution in [2.45, 2.75) is 32.2 Å². The van der Waals surface area contributed by atoms with Crippen molar-refractivity contribution in [1.82, 2.24) is 15.3 Å². The molecule has 1 aliphatic heterocycles. The van der Waals surface area contributed by atoms with Gasteiger partial charge in [0.15, 0.2) is 0 Å². The van der Waals surface area contributed by atoms with Crippen molar-refractivity contribution < 1.29 is 4.79 Å². The van der Waals surface area contributed by atoms with Crippen LogP contribution in [0, 0.1) is 0 Å². The summed E-state index contributed by atoms with van der Waals surface area (Å²) in [6.07, 6.45) is 5.24. The largest absolute Gasteiger partial charge is 0.356 e. The van der Waals surface area contributed by atoms with Gasteiger partial charge in [0.25, 0.3) is 5.91 Å². The Bertz CT molecular complexity index is 935. The number of benzene rings is 2. The number of aromatic nitrogens is 2. The van der Waals surface area contributed by atoms with Gasteiger partial charge in [-0.3, -0.25) is 4.79 Å². The van der Waals surface area contributed by atoms with Crippen LogP contribution in [0.4, 0.5) is 5.82 Å². The zero-order valence-electron chi connectivity index (χ0n) is 15.6. The first-order valence-electron chi connectivity index (χ1n) is 9.58. The molecule has 0 bridgehead atoms. The first-order chi connectivity index (χ1) is 13.2. The highest BCUT2D eigenvalue weighted by molar-refractivity contribution is 6.00. The van der Waals surface area contributed by atoms with Crippen molar-refractivity contribution in [3.8, 4) is 0 Å². The van der Waals surface area contributed by atoms with E-state index in [1.807, 2.05) is 55.5 Å². The smallest absolute Gasteiger partial charge is 0.251 e. The fraction of sp³-hybridized carbons (Fsp3) is 0.318. The molecule has 3 aromatic rings. The number of piperidine rings is 1. The highest BCUT2D eigenvalue weighted by Crippen LogP contribution is 2.26. The first kappa shape index (κ1) is 17.5. The molecule has 2 heterocycles. The van der Waals surface area contributed by atoms with Gasteiger partial charge in [0, 0.05) is 24.0 Å². The lowest BCUT2D eigenvalue weighted by molar-refractivity contribution is 0.0940. The van der Waals surface area contributed by atoms with Gasteiger partial charge in [0.05, 0.1) is 11.6 Å². The topological polar surface area (TPSA) is 58.1 Å². The van der Waals surface area contributed by atoms with Gasteiger partial charge in [-0.15, -0.1) is 0 Å². The second-order valence-electron chi connectivity index (χ2n) is 7.08. The monoisotopic (exact) mass is 360 g/mol. The molecule has 1 unspecified atom stereocenters. The Morgan fingerprint density at radius 2 is 1.81 bits per heavy atom. The molecule has 1 atom stereocenters. The second-order valence-corrected chi connectivity index (χ2v) is 7.08. The maximum Gasteiger partial charge on any atom is 0.251 e. The van der Waals surface area contributed by atoms with Crippen molar-refractivity contribution in [2.75, 3.05) is 18.0 Å². The average molecular weight is 360 g/mol. The number of carbonyl (C=O) groups is 1. The van der Waals surface area contributed by atoms with E-state index in [-0.39, 0.29) is 11.9 Å². The maximum absolute atomic E-state index is 12.8. The molecule has 1 saturated heterocycles. The molecule has 0 saturated carbocycles. The van der Waals surface area contributed by atoms with Crippen LogP contribution in [0.3, 0.4) is 0 Å². The number of anilines is 1. The lowest BCUT2D eigenvalue weighted by Gasteiger charge is -2.28. The van der Waals surface area contributed by atoms with E-state index < -0.39 is 0 Å². The molecule has 138 valence electrons. The van der Waals surface area contributed by atoms with E-state index in [2.05, 4.69) is 20.2 Å². The Kier molecular flexibility index (Phi) is 5.01. The van der Waals surface area contributed by atoms with Crippen LogP contribution in [-0.2, 0) is 0 Å². The Morgan fingerprint density at radius 3 is 2.59 bits per heavy atom. The maximum atomic E-state index is 12.8. The fourth-order valence-electron chi connectivity index (χ4n) is 3.65. The zero-order valence-corrected chi connectivity index (χ0v) is 15.6. The van der Waals surface area contributed by atoms with Crippen LogP contribution in [0.2, 0.25) is 0 Å². The van der Waals surface area contributed by atoms with Gasteiger partial charge in [0.1, 0.15) is 12.1 Å². The molecule has 1 aromatic heterocycles. The van der Waals surface area contributed by atoms with Crippen molar-refractivity contribution in [1.29, 1.82) is 0 Å². The fourth-order valence-corrected chi connectivity index (χ4v) is 3.65. The summed E-state index contributed by atoms with van der Waals surface area (Å²) in [4.78, 5) is 24.0. The molecular formula is C22H24N4O. The van der Waals surface area contributed by atoms with Gasteiger partial charge in [0.2, 0.25) is 0 Å². The van der Waals surface area contributed by atoms with E-state index in [4.69, 9.17) is 0 Å². The minimum atomic E-state index is -0.0818. The average Bonchev–Trinajstić information content (AvgIpc) is 2.74. The molecule has 1 fully saturated rings. The molecule has 1 amide bonds. The number of nitrogens with one attached hydrogen (secondary N) is 1. The summed E-state index contributed by atoms with van der Waals surface area (Å²) in [6.45, 7) is 4.01. The van der Waals surface area contributed by atoms with Crippen molar-refractivity contribution >= 4 is 22.6 Å². The van der Waals surface area contributed by atoms with E-state index in [9.17, 15) is 4.79 Å². The molecule has 2 aromatic carbocycles. The van der Waals surface area contributed by atoms with Crippen LogP contribution in [0.1, 0.15) is 48.1 Å². The normalized spacial score (nSPS) is 15.5.